The van der Waals surface area contributed by atoms with Gasteiger partial charge >= 0.3 is 0 Å². The van der Waals surface area contributed by atoms with Crippen molar-refractivity contribution in [2.75, 3.05) is 20.0 Å². The van der Waals surface area contributed by atoms with Gasteiger partial charge in [0.05, 0.1) is 31.7 Å². The highest BCUT2D eigenvalue weighted by Gasteiger charge is 2.43. The van der Waals surface area contributed by atoms with Crippen LogP contribution in [0.3, 0.4) is 0 Å². The first-order valence-electron chi connectivity index (χ1n) is 13.6. The average molecular weight is 559 g/mol. The predicted octanol–water partition coefficient (Wildman–Crippen LogP) is 5.65. The number of H-pyrrole nitrogens is 1. The Balaban J connectivity index is 1.44. The lowest BCUT2D eigenvalue weighted by Gasteiger charge is -2.29. The Hall–Kier alpha value is -3.85. The van der Waals surface area contributed by atoms with Gasteiger partial charge in [-0.25, -0.2) is 9.99 Å². The lowest BCUT2D eigenvalue weighted by atomic mass is 9.77. The number of thioether (sulfide) groups is 1. The second-order valence-corrected chi connectivity index (χ2v) is 10.9. The SMILES string of the molecule is CCCc1cc(=O)[nH]c(SCC(=O)N2N=C3/C(=C\c4ccc(OC)cc4)CCC[C@H]3[C@@H]2c2ccc(OC)cc2)n1. The second kappa shape index (κ2) is 12.6. The zero-order valence-corrected chi connectivity index (χ0v) is 23.9. The van der Waals surface area contributed by atoms with Crippen molar-refractivity contribution in [2.24, 2.45) is 11.0 Å². The summed E-state index contributed by atoms with van der Waals surface area (Å²) in [7, 11) is 3.30. The fourth-order valence-electron chi connectivity index (χ4n) is 5.38. The number of benzene rings is 2. The Morgan fingerprint density at radius 1 is 1.10 bits per heavy atom. The molecule has 0 bridgehead atoms. The molecular weight excluding hydrogens is 524 g/mol. The van der Waals surface area contributed by atoms with Crippen LogP contribution in [0.15, 0.2) is 75.2 Å². The Kier molecular flexibility index (Phi) is 8.69. The van der Waals surface area contributed by atoms with Crippen molar-refractivity contribution in [3.63, 3.8) is 0 Å². The number of hydrazone groups is 1. The third kappa shape index (κ3) is 6.14. The molecule has 1 N–H and O–H groups in total. The Labute approximate surface area is 238 Å². The molecule has 2 heterocycles. The number of hydrogen-bond acceptors (Lipinski definition) is 7. The standard InChI is InChI=1S/C31H34N4O4S/c1-4-6-23-18-27(36)33-31(32-23)40-19-28(37)35-30(21-11-15-25(39-3)16-12-21)26-8-5-7-22(29(26)34-35)17-20-9-13-24(38-2)14-10-20/h9-18,26,30H,4-8,19H2,1-3H3,(H,32,33,36)/b22-17-/t26-,30+/m1/s1. The van der Waals surface area contributed by atoms with Crippen LogP contribution in [0, 0.1) is 5.92 Å². The number of aromatic amines is 1. The number of carbonyl (C=O) groups excluding carboxylic acids is 1. The van der Waals surface area contributed by atoms with Crippen molar-refractivity contribution < 1.29 is 14.3 Å². The van der Waals surface area contributed by atoms with Gasteiger partial charge in [-0.1, -0.05) is 49.4 Å². The van der Waals surface area contributed by atoms with E-state index in [0.29, 0.717) is 5.16 Å². The summed E-state index contributed by atoms with van der Waals surface area (Å²) in [6.45, 7) is 2.04. The Bertz CT molecular complexity index is 1460. The molecule has 9 heteroatoms. The molecule has 8 nitrogen and oxygen atoms in total. The van der Waals surface area contributed by atoms with Crippen molar-refractivity contribution in [2.45, 2.75) is 50.2 Å². The molecule has 1 aliphatic carbocycles. The number of amides is 1. The number of nitrogens with one attached hydrogen (secondary N) is 1. The van der Waals surface area contributed by atoms with Crippen LogP contribution in [0.1, 0.15) is 55.5 Å². The number of aromatic nitrogens is 2. The minimum absolute atomic E-state index is 0.0893. The molecular formula is C31H34N4O4S. The molecule has 1 saturated carbocycles. The first kappa shape index (κ1) is 27.7. The summed E-state index contributed by atoms with van der Waals surface area (Å²) in [6.07, 6.45) is 6.65. The molecule has 2 aliphatic rings. The van der Waals surface area contributed by atoms with Crippen LogP contribution in [-0.2, 0) is 11.2 Å². The van der Waals surface area contributed by atoms with E-state index in [1.54, 1.807) is 19.2 Å². The maximum atomic E-state index is 13.7. The van der Waals surface area contributed by atoms with E-state index in [0.717, 1.165) is 71.7 Å². The van der Waals surface area contributed by atoms with Crippen LogP contribution in [0.25, 0.3) is 6.08 Å². The number of allylic oxidation sites excluding steroid dienone is 1. The van der Waals surface area contributed by atoms with E-state index in [9.17, 15) is 9.59 Å². The lowest BCUT2D eigenvalue weighted by molar-refractivity contribution is -0.130. The van der Waals surface area contributed by atoms with Crippen molar-refractivity contribution in [1.82, 2.24) is 15.0 Å². The summed E-state index contributed by atoms with van der Waals surface area (Å²) in [5.41, 5.74) is 4.75. The lowest BCUT2D eigenvalue weighted by Crippen LogP contribution is -2.33. The third-order valence-electron chi connectivity index (χ3n) is 7.28. The molecule has 0 saturated heterocycles. The molecule has 1 fully saturated rings. The van der Waals surface area contributed by atoms with E-state index >= 15 is 0 Å². The fourth-order valence-corrected chi connectivity index (χ4v) is 6.12. The largest absolute Gasteiger partial charge is 0.497 e. The average Bonchev–Trinajstić information content (AvgIpc) is 3.37. The fraction of sp³-hybridized carbons (Fsp3) is 0.355. The van der Waals surface area contributed by atoms with Crippen LogP contribution in [0.4, 0.5) is 0 Å². The molecule has 2 aromatic carbocycles. The van der Waals surface area contributed by atoms with E-state index in [1.807, 2.05) is 55.5 Å². The summed E-state index contributed by atoms with van der Waals surface area (Å²) in [4.78, 5) is 33.1. The molecule has 0 radical (unpaired) electrons. The number of aryl methyl sites for hydroxylation is 1. The zero-order valence-electron chi connectivity index (χ0n) is 23.1. The van der Waals surface area contributed by atoms with E-state index in [-0.39, 0.29) is 29.2 Å². The van der Waals surface area contributed by atoms with E-state index in [1.165, 1.54) is 17.8 Å². The first-order chi connectivity index (χ1) is 19.5. The molecule has 0 spiro atoms. The molecule has 5 rings (SSSR count). The van der Waals surface area contributed by atoms with E-state index < -0.39 is 0 Å². The molecule has 1 amide bonds. The van der Waals surface area contributed by atoms with Gasteiger partial charge in [0.15, 0.2) is 5.16 Å². The van der Waals surface area contributed by atoms with E-state index in [2.05, 4.69) is 16.0 Å². The topological polar surface area (TPSA) is 96.9 Å². The monoisotopic (exact) mass is 558 g/mol. The molecule has 1 aliphatic heterocycles. The zero-order chi connectivity index (χ0) is 28.1. The van der Waals surface area contributed by atoms with Gasteiger partial charge in [0.25, 0.3) is 11.5 Å². The number of rotatable bonds is 9. The highest BCUT2D eigenvalue weighted by molar-refractivity contribution is 7.99. The van der Waals surface area contributed by atoms with E-state index in [4.69, 9.17) is 14.6 Å². The summed E-state index contributed by atoms with van der Waals surface area (Å²) < 4.78 is 10.7. The highest BCUT2D eigenvalue weighted by atomic mass is 32.2. The number of fused-ring (bicyclic) bond motifs is 1. The number of carbonyl (C=O) groups is 1. The van der Waals surface area contributed by atoms with Gasteiger partial charge in [-0.2, -0.15) is 5.10 Å². The summed E-state index contributed by atoms with van der Waals surface area (Å²) >= 11 is 1.24. The van der Waals surface area contributed by atoms with Crippen LogP contribution in [0.5, 0.6) is 11.5 Å². The van der Waals surface area contributed by atoms with Gasteiger partial charge in [-0.3, -0.25) is 9.59 Å². The van der Waals surface area contributed by atoms with Gasteiger partial charge in [-0.15, -0.1) is 0 Å². The maximum absolute atomic E-state index is 13.7. The molecule has 0 unspecified atom stereocenters. The summed E-state index contributed by atoms with van der Waals surface area (Å²) in [6, 6.07) is 17.2. The summed E-state index contributed by atoms with van der Waals surface area (Å²) in [5.74, 6) is 1.66. The van der Waals surface area contributed by atoms with Crippen LogP contribution < -0.4 is 15.0 Å². The van der Waals surface area contributed by atoms with Crippen LogP contribution in [0.2, 0.25) is 0 Å². The second-order valence-electron chi connectivity index (χ2n) is 9.96. The Morgan fingerprint density at radius 3 is 2.48 bits per heavy atom. The van der Waals surface area contributed by atoms with Crippen molar-refractivity contribution in [3.05, 3.63) is 87.3 Å². The minimum Gasteiger partial charge on any atom is -0.497 e. The van der Waals surface area contributed by atoms with Crippen LogP contribution in [-0.4, -0.2) is 46.6 Å². The number of nitrogens with zero attached hydrogens (tertiary/aromatic N) is 3. The quantitative estimate of drug-likeness (QED) is 0.269. The van der Waals surface area contributed by atoms with Gasteiger partial charge in [0.2, 0.25) is 0 Å². The van der Waals surface area contributed by atoms with Crippen molar-refractivity contribution >= 4 is 29.5 Å². The first-order valence-corrected chi connectivity index (χ1v) is 14.6. The smallest absolute Gasteiger partial charge is 0.253 e. The predicted molar refractivity (Wildman–Crippen MR) is 158 cm³/mol. The molecule has 1 aromatic heterocycles. The third-order valence-corrected chi connectivity index (χ3v) is 8.14. The van der Waals surface area contributed by atoms with Crippen LogP contribution >= 0.6 is 11.8 Å². The molecule has 208 valence electrons. The maximum Gasteiger partial charge on any atom is 0.253 e. The van der Waals surface area contributed by atoms with Gasteiger partial charge < -0.3 is 14.5 Å². The van der Waals surface area contributed by atoms with Gasteiger partial charge in [0, 0.05) is 17.7 Å². The van der Waals surface area contributed by atoms with Gasteiger partial charge in [-0.05, 0) is 72.7 Å². The molecule has 3 aromatic rings. The number of ether oxygens (including phenoxy) is 2. The normalized spacial score (nSPS) is 19.3. The van der Waals surface area contributed by atoms with Crippen molar-refractivity contribution in [1.29, 1.82) is 0 Å². The van der Waals surface area contributed by atoms with Gasteiger partial charge in [0.1, 0.15) is 11.5 Å². The minimum atomic E-state index is -0.216. The number of hydrogen-bond donors (Lipinski definition) is 1. The summed E-state index contributed by atoms with van der Waals surface area (Å²) in [5, 5.41) is 7.07. The molecule has 2 atom stereocenters. The highest BCUT2D eigenvalue weighted by Crippen LogP contribution is 2.45. The van der Waals surface area contributed by atoms with Crippen molar-refractivity contribution in [3.8, 4) is 11.5 Å². The number of methoxy groups -OCH3 is 2. The molecule has 40 heavy (non-hydrogen) atoms. The Morgan fingerprint density at radius 2 is 1.80 bits per heavy atom.